The molecule has 112 valence electrons. The summed E-state index contributed by atoms with van der Waals surface area (Å²) in [4.78, 5) is 16.9. The zero-order chi connectivity index (χ0) is 15.3. The Morgan fingerprint density at radius 1 is 1.18 bits per heavy atom. The van der Waals surface area contributed by atoms with Crippen molar-refractivity contribution in [2.45, 2.75) is 25.3 Å². The fourth-order valence-electron chi connectivity index (χ4n) is 3.17. The van der Waals surface area contributed by atoms with Crippen molar-refractivity contribution in [2.75, 3.05) is 0 Å². The van der Waals surface area contributed by atoms with Gasteiger partial charge >= 0.3 is 0 Å². The fourth-order valence-corrected chi connectivity index (χ4v) is 3.47. The summed E-state index contributed by atoms with van der Waals surface area (Å²) in [6, 6.07) is 5.03. The normalized spacial score (nSPS) is 23.7. The fraction of sp³-hybridized carbons (Fsp3) is 0.357. The summed E-state index contributed by atoms with van der Waals surface area (Å²) in [5.74, 6) is 0.265. The summed E-state index contributed by atoms with van der Waals surface area (Å²) in [6.07, 6.45) is 2.17. The van der Waals surface area contributed by atoms with Crippen LogP contribution in [0, 0.1) is 5.92 Å². The van der Waals surface area contributed by atoms with E-state index in [1.807, 2.05) is 6.07 Å². The Kier molecular flexibility index (Phi) is 3.23. The lowest BCUT2D eigenvalue weighted by atomic mass is 9.78. The van der Waals surface area contributed by atoms with Gasteiger partial charge in [0, 0.05) is 12.1 Å². The largest absolute Gasteiger partial charge is 0.299 e. The van der Waals surface area contributed by atoms with E-state index in [1.54, 1.807) is 16.8 Å². The monoisotopic (exact) mass is 335 g/mol. The lowest BCUT2D eigenvalue weighted by molar-refractivity contribution is -0.122. The van der Waals surface area contributed by atoms with Crippen molar-refractivity contribution in [2.24, 2.45) is 10.9 Å². The van der Waals surface area contributed by atoms with Crippen molar-refractivity contribution < 1.29 is 4.79 Å². The Morgan fingerprint density at radius 2 is 2.05 bits per heavy atom. The number of ketones is 1. The first-order valence-electron chi connectivity index (χ1n) is 6.98. The van der Waals surface area contributed by atoms with Gasteiger partial charge in [-0.15, -0.1) is 0 Å². The average Bonchev–Trinajstić information content (AvgIpc) is 2.96. The van der Waals surface area contributed by atoms with E-state index in [1.165, 1.54) is 0 Å². The summed E-state index contributed by atoms with van der Waals surface area (Å²) in [6.45, 7) is 0. The number of rotatable bonds is 1. The number of hydrogen-bond acceptors (Lipinski definition) is 5. The Hall–Kier alpha value is -1.79. The van der Waals surface area contributed by atoms with E-state index in [9.17, 15) is 4.79 Å². The third-order valence-corrected chi connectivity index (χ3v) is 4.88. The van der Waals surface area contributed by atoms with E-state index in [0.717, 1.165) is 24.1 Å². The quantitative estimate of drug-likeness (QED) is 0.802. The molecule has 4 rings (SSSR count). The van der Waals surface area contributed by atoms with Crippen LogP contribution in [0.1, 0.15) is 30.9 Å². The van der Waals surface area contributed by atoms with Gasteiger partial charge in [-0.2, -0.15) is 0 Å². The van der Waals surface area contributed by atoms with Gasteiger partial charge in [0.2, 0.25) is 0 Å². The number of carbonyl (C=O) groups is 1. The number of aliphatic imine (C=N–C) groups is 1. The zero-order valence-electron chi connectivity index (χ0n) is 11.4. The van der Waals surface area contributed by atoms with E-state index in [-0.39, 0.29) is 17.7 Å². The Bertz CT molecular complexity index is 800. The standard InChI is InChI=1S/C14H11Cl2N5O/c15-8-5-4-7(6-9(8)16)13-12-10(2-1-3-11(12)22)17-14-18-19-20-21(13)14/h4-6,12-13H,1-3H2. The van der Waals surface area contributed by atoms with Crippen molar-refractivity contribution >= 4 is 40.6 Å². The van der Waals surface area contributed by atoms with Crippen molar-refractivity contribution in [3.8, 4) is 0 Å². The Balaban J connectivity index is 1.90. The number of fused-ring (bicyclic) bond motifs is 2. The van der Waals surface area contributed by atoms with Crippen molar-refractivity contribution in [1.29, 1.82) is 0 Å². The van der Waals surface area contributed by atoms with Crippen LogP contribution in [-0.4, -0.2) is 31.7 Å². The number of Topliss-reactive ketones (excluding diaryl/α,β-unsaturated/α-hetero) is 1. The first-order valence-corrected chi connectivity index (χ1v) is 7.74. The second kappa shape index (κ2) is 5.14. The first-order chi connectivity index (χ1) is 10.6. The maximum absolute atomic E-state index is 12.5. The topological polar surface area (TPSA) is 73.0 Å². The molecule has 0 radical (unpaired) electrons. The average molecular weight is 336 g/mol. The predicted molar refractivity (Wildman–Crippen MR) is 81.9 cm³/mol. The van der Waals surface area contributed by atoms with Crippen LogP contribution in [0.5, 0.6) is 0 Å². The third-order valence-electron chi connectivity index (χ3n) is 4.15. The highest BCUT2D eigenvalue weighted by molar-refractivity contribution is 6.42. The second-order valence-electron chi connectivity index (χ2n) is 5.44. The van der Waals surface area contributed by atoms with E-state index in [0.29, 0.717) is 22.4 Å². The SMILES string of the molecule is O=C1CCCC2=Nc3nnnn3C(c3ccc(Cl)c(Cl)c3)C12. The van der Waals surface area contributed by atoms with Crippen molar-refractivity contribution in [3.05, 3.63) is 33.8 Å². The molecule has 2 heterocycles. The van der Waals surface area contributed by atoms with Gasteiger partial charge in [-0.25, -0.2) is 9.67 Å². The number of halogens is 2. The molecule has 2 aliphatic rings. The lowest BCUT2D eigenvalue weighted by Crippen LogP contribution is -2.39. The van der Waals surface area contributed by atoms with E-state index in [2.05, 4.69) is 20.5 Å². The summed E-state index contributed by atoms with van der Waals surface area (Å²) < 4.78 is 1.59. The van der Waals surface area contributed by atoms with Gasteiger partial charge in [0.05, 0.1) is 22.0 Å². The molecule has 0 spiro atoms. The second-order valence-corrected chi connectivity index (χ2v) is 6.26. The molecule has 6 nitrogen and oxygen atoms in total. The van der Waals surface area contributed by atoms with Gasteiger partial charge in [0.25, 0.3) is 5.95 Å². The Labute approximate surface area is 136 Å². The molecule has 2 atom stereocenters. The molecule has 0 N–H and O–H groups in total. The molecule has 0 amide bonds. The van der Waals surface area contributed by atoms with Crippen LogP contribution in [0.2, 0.25) is 10.0 Å². The maximum atomic E-state index is 12.5. The molecular weight excluding hydrogens is 325 g/mol. The van der Waals surface area contributed by atoms with E-state index >= 15 is 0 Å². The number of nitrogens with zero attached hydrogens (tertiary/aromatic N) is 5. The molecule has 1 saturated carbocycles. The molecule has 8 heteroatoms. The molecule has 1 aliphatic heterocycles. The van der Waals surface area contributed by atoms with E-state index in [4.69, 9.17) is 23.2 Å². The van der Waals surface area contributed by atoms with Gasteiger partial charge in [0.15, 0.2) is 0 Å². The van der Waals surface area contributed by atoms with Gasteiger partial charge in [0.1, 0.15) is 5.78 Å². The van der Waals surface area contributed by atoms with Gasteiger partial charge in [-0.1, -0.05) is 34.4 Å². The van der Waals surface area contributed by atoms with Crippen LogP contribution in [0.15, 0.2) is 23.2 Å². The highest BCUT2D eigenvalue weighted by Gasteiger charge is 2.42. The lowest BCUT2D eigenvalue weighted by Gasteiger charge is -2.33. The number of tetrazole rings is 1. The first kappa shape index (κ1) is 13.8. The highest BCUT2D eigenvalue weighted by Crippen LogP contribution is 2.40. The third kappa shape index (κ3) is 2.06. The maximum Gasteiger partial charge on any atom is 0.269 e. The number of benzene rings is 1. The van der Waals surface area contributed by atoms with Crippen molar-refractivity contribution in [1.82, 2.24) is 20.2 Å². The minimum absolute atomic E-state index is 0.169. The molecule has 0 bridgehead atoms. The Morgan fingerprint density at radius 3 is 2.86 bits per heavy atom. The number of carbonyl (C=O) groups excluding carboxylic acids is 1. The summed E-state index contributed by atoms with van der Waals surface area (Å²) in [5.41, 5.74) is 1.71. The zero-order valence-corrected chi connectivity index (χ0v) is 12.9. The molecule has 2 unspecified atom stereocenters. The van der Waals surface area contributed by atoms with Crippen LogP contribution >= 0.6 is 23.2 Å². The van der Waals surface area contributed by atoms with Gasteiger partial charge in [-0.05, 0) is 41.0 Å². The molecule has 22 heavy (non-hydrogen) atoms. The summed E-state index contributed by atoms with van der Waals surface area (Å²) >= 11 is 12.1. The number of aromatic nitrogens is 4. The number of hydrogen-bond donors (Lipinski definition) is 0. The smallest absolute Gasteiger partial charge is 0.269 e. The molecular formula is C14H11Cl2N5O. The minimum Gasteiger partial charge on any atom is -0.299 e. The predicted octanol–water partition coefficient (Wildman–Crippen LogP) is 3.02. The molecule has 1 fully saturated rings. The summed E-state index contributed by atoms with van der Waals surface area (Å²) in [5, 5.41) is 12.6. The molecule has 1 aliphatic carbocycles. The molecule has 1 aromatic heterocycles. The van der Waals surface area contributed by atoms with Crippen molar-refractivity contribution in [3.63, 3.8) is 0 Å². The van der Waals surface area contributed by atoms with E-state index < -0.39 is 0 Å². The van der Waals surface area contributed by atoms with Crippen LogP contribution in [0.3, 0.4) is 0 Å². The van der Waals surface area contributed by atoms with Gasteiger partial charge in [-0.3, -0.25) is 4.79 Å². The van der Waals surface area contributed by atoms with Crippen LogP contribution in [0.4, 0.5) is 5.95 Å². The molecule has 0 saturated heterocycles. The van der Waals surface area contributed by atoms with Gasteiger partial charge < -0.3 is 0 Å². The summed E-state index contributed by atoms with van der Waals surface area (Å²) in [7, 11) is 0. The molecule has 2 aromatic rings. The van der Waals surface area contributed by atoms with Crippen LogP contribution in [0.25, 0.3) is 0 Å². The van der Waals surface area contributed by atoms with Crippen LogP contribution in [-0.2, 0) is 4.79 Å². The highest BCUT2D eigenvalue weighted by atomic mass is 35.5. The molecule has 1 aromatic carbocycles. The minimum atomic E-state index is -0.331. The van der Waals surface area contributed by atoms with Crippen LogP contribution < -0.4 is 0 Å².